The Morgan fingerprint density at radius 2 is 1.83 bits per heavy atom. The van der Waals surface area contributed by atoms with Gasteiger partial charge in [-0.25, -0.2) is 0 Å². The number of piperidine rings is 1. The number of likely N-dealkylation sites (N-methyl/N-ethyl adjacent to an activating group) is 1. The molecular formula is C24H34N2O4. The van der Waals surface area contributed by atoms with Gasteiger partial charge in [-0.05, 0) is 45.1 Å². The number of benzene rings is 1. The molecule has 30 heavy (non-hydrogen) atoms. The third-order valence-corrected chi connectivity index (χ3v) is 6.62. The van der Waals surface area contributed by atoms with Crippen molar-refractivity contribution in [2.75, 3.05) is 33.3 Å². The van der Waals surface area contributed by atoms with Crippen molar-refractivity contribution in [2.45, 2.75) is 57.8 Å². The second-order valence-electron chi connectivity index (χ2n) is 8.73. The predicted octanol–water partition coefficient (Wildman–Crippen LogP) is 3.07. The number of rotatable bonds is 6. The summed E-state index contributed by atoms with van der Waals surface area (Å²) < 4.78 is 5.10. The van der Waals surface area contributed by atoms with Gasteiger partial charge >= 0.3 is 5.97 Å². The van der Waals surface area contributed by atoms with E-state index in [1.165, 1.54) is 0 Å². The SMILES string of the molecule is CCOC(=O)C1CCN(C(=O)CN(C)C(=O)C2(c3cccc(C)c3)CCCC2)CC1. The second kappa shape index (κ2) is 9.63. The second-order valence-corrected chi connectivity index (χ2v) is 8.73. The van der Waals surface area contributed by atoms with Crippen LogP contribution in [0.3, 0.4) is 0 Å². The Hall–Kier alpha value is -2.37. The van der Waals surface area contributed by atoms with Crippen LogP contribution in [0.1, 0.15) is 56.6 Å². The summed E-state index contributed by atoms with van der Waals surface area (Å²) >= 11 is 0. The molecule has 6 nitrogen and oxygen atoms in total. The van der Waals surface area contributed by atoms with Gasteiger partial charge in [0.05, 0.1) is 24.5 Å². The first-order valence-corrected chi connectivity index (χ1v) is 11.1. The maximum atomic E-state index is 13.5. The molecule has 1 saturated carbocycles. The summed E-state index contributed by atoms with van der Waals surface area (Å²) in [5, 5.41) is 0. The lowest BCUT2D eigenvalue weighted by atomic mass is 9.77. The summed E-state index contributed by atoms with van der Waals surface area (Å²) in [6.07, 6.45) is 4.97. The summed E-state index contributed by atoms with van der Waals surface area (Å²) in [6.45, 7) is 5.38. The molecule has 0 spiro atoms. The number of likely N-dealkylation sites (tertiary alicyclic amines) is 1. The molecule has 2 amide bonds. The number of hydrogen-bond donors (Lipinski definition) is 0. The minimum Gasteiger partial charge on any atom is -0.466 e. The van der Waals surface area contributed by atoms with E-state index in [0.717, 1.165) is 36.8 Å². The Balaban J connectivity index is 1.62. The van der Waals surface area contributed by atoms with E-state index < -0.39 is 5.41 Å². The monoisotopic (exact) mass is 414 g/mol. The van der Waals surface area contributed by atoms with Crippen molar-refractivity contribution in [1.82, 2.24) is 9.80 Å². The first-order valence-electron chi connectivity index (χ1n) is 11.1. The number of carbonyl (C=O) groups excluding carboxylic acids is 3. The molecule has 2 fully saturated rings. The van der Waals surface area contributed by atoms with Crippen LogP contribution in [0.5, 0.6) is 0 Å². The van der Waals surface area contributed by atoms with Crippen LogP contribution in [0, 0.1) is 12.8 Å². The van der Waals surface area contributed by atoms with E-state index in [9.17, 15) is 14.4 Å². The van der Waals surface area contributed by atoms with E-state index in [2.05, 4.69) is 6.07 Å². The van der Waals surface area contributed by atoms with Crippen LogP contribution < -0.4 is 0 Å². The highest BCUT2D eigenvalue weighted by atomic mass is 16.5. The zero-order valence-corrected chi connectivity index (χ0v) is 18.5. The lowest BCUT2D eigenvalue weighted by Crippen LogP contribution is -2.49. The lowest BCUT2D eigenvalue weighted by Gasteiger charge is -2.35. The fourth-order valence-corrected chi connectivity index (χ4v) is 4.91. The highest BCUT2D eigenvalue weighted by Gasteiger charge is 2.44. The van der Waals surface area contributed by atoms with Gasteiger partial charge in [0.2, 0.25) is 11.8 Å². The number of hydrogen-bond acceptors (Lipinski definition) is 4. The van der Waals surface area contributed by atoms with Gasteiger partial charge in [0.25, 0.3) is 0 Å². The molecule has 0 N–H and O–H groups in total. The standard InChI is InChI=1S/C24H34N2O4/c1-4-30-22(28)19-10-14-26(15-11-19)21(27)17-25(3)23(29)24(12-5-6-13-24)20-9-7-8-18(2)16-20/h7-9,16,19H,4-6,10-15,17H2,1-3H3. The lowest BCUT2D eigenvalue weighted by molar-refractivity contribution is -0.151. The van der Waals surface area contributed by atoms with Crippen molar-refractivity contribution < 1.29 is 19.1 Å². The molecule has 0 unspecified atom stereocenters. The highest BCUT2D eigenvalue weighted by Crippen LogP contribution is 2.42. The molecule has 164 valence electrons. The summed E-state index contributed by atoms with van der Waals surface area (Å²) in [4.78, 5) is 41.6. The van der Waals surface area contributed by atoms with Gasteiger partial charge in [0.15, 0.2) is 0 Å². The smallest absolute Gasteiger partial charge is 0.309 e. The molecule has 0 radical (unpaired) electrons. The number of ether oxygens (including phenoxy) is 1. The summed E-state index contributed by atoms with van der Waals surface area (Å²) in [6, 6.07) is 8.21. The van der Waals surface area contributed by atoms with E-state index in [1.807, 2.05) is 25.1 Å². The Morgan fingerprint density at radius 3 is 2.43 bits per heavy atom. The van der Waals surface area contributed by atoms with Crippen molar-refractivity contribution in [3.8, 4) is 0 Å². The number of nitrogens with zero attached hydrogens (tertiary/aromatic N) is 2. The van der Waals surface area contributed by atoms with Gasteiger partial charge in [-0.15, -0.1) is 0 Å². The maximum Gasteiger partial charge on any atom is 0.309 e. The molecule has 1 aromatic rings. The van der Waals surface area contributed by atoms with E-state index >= 15 is 0 Å². The summed E-state index contributed by atoms with van der Waals surface area (Å²) in [5.41, 5.74) is 1.70. The minimum atomic E-state index is -0.516. The molecule has 2 aliphatic rings. The van der Waals surface area contributed by atoms with E-state index in [1.54, 1.807) is 23.8 Å². The van der Waals surface area contributed by atoms with Gasteiger partial charge in [-0.1, -0.05) is 42.7 Å². The quantitative estimate of drug-likeness (QED) is 0.671. The van der Waals surface area contributed by atoms with E-state index in [4.69, 9.17) is 4.74 Å². The highest BCUT2D eigenvalue weighted by molar-refractivity contribution is 5.92. The zero-order valence-electron chi connectivity index (χ0n) is 18.5. The molecule has 0 aromatic heterocycles. The van der Waals surface area contributed by atoms with Crippen molar-refractivity contribution in [3.05, 3.63) is 35.4 Å². The van der Waals surface area contributed by atoms with Crippen LogP contribution in [-0.4, -0.2) is 60.9 Å². The maximum absolute atomic E-state index is 13.5. The van der Waals surface area contributed by atoms with Crippen molar-refractivity contribution in [1.29, 1.82) is 0 Å². The van der Waals surface area contributed by atoms with E-state index in [-0.39, 0.29) is 30.2 Å². The number of aryl methyl sites for hydroxylation is 1. The van der Waals surface area contributed by atoms with Crippen molar-refractivity contribution >= 4 is 17.8 Å². The molecule has 1 heterocycles. The first-order chi connectivity index (χ1) is 14.4. The van der Waals surface area contributed by atoms with Crippen LogP contribution in [-0.2, 0) is 24.5 Å². The Labute approximate surface area is 179 Å². The van der Waals surface area contributed by atoms with Crippen LogP contribution in [0.4, 0.5) is 0 Å². The number of amides is 2. The minimum absolute atomic E-state index is 0.0420. The third kappa shape index (κ3) is 4.68. The fourth-order valence-electron chi connectivity index (χ4n) is 4.91. The van der Waals surface area contributed by atoms with Crippen LogP contribution in [0.2, 0.25) is 0 Å². The molecule has 1 saturated heterocycles. The third-order valence-electron chi connectivity index (χ3n) is 6.62. The Kier molecular flexibility index (Phi) is 7.16. The molecule has 3 rings (SSSR count). The van der Waals surface area contributed by atoms with Crippen LogP contribution in [0.15, 0.2) is 24.3 Å². The molecule has 1 aromatic carbocycles. The molecule has 6 heteroatoms. The van der Waals surface area contributed by atoms with Gasteiger partial charge in [0.1, 0.15) is 0 Å². The Morgan fingerprint density at radius 1 is 1.17 bits per heavy atom. The van der Waals surface area contributed by atoms with E-state index in [0.29, 0.717) is 32.5 Å². The van der Waals surface area contributed by atoms with Crippen LogP contribution >= 0.6 is 0 Å². The van der Waals surface area contributed by atoms with Gasteiger partial charge in [-0.2, -0.15) is 0 Å². The molecule has 1 aliphatic carbocycles. The average molecular weight is 415 g/mol. The molecular weight excluding hydrogens is 380 g/mol. The topological polar surface area (TPSA) is 66.9 Å². The zero-order chi connectivity index (χ0) is 21.7. The molecule has 0 atom stereocenters. The van der Waals surface area contributed by atoms with Gasteiger partial charge in [0, 0.05) is 20.1 Å². The summed E-state index contributed by atoms with van der Waals surface area (Å²) in [5.74, 6) is -0.305. The van der Waals surface area contributed by atoms with Gasteiger partial charge in [-0.3, -0.25) is 14.4 Å². The van der Waals surface area contributed by atoms with Gasteiger partial charge < -0.3 is 14.5 Å². The van der Waals surface area contributed by atoms with Crippen LogP contribution in [0.25, 0.3) is 0 Å². The first kappa shape index (κ1) is 22.3. The average Bonchev–Trinajstić information content (AvgIpc) is 3.24. The van der Waals surface area contributed by atoms with Crippen molar-refractivity contribution in [3.63, 3.8) is 0 Å². The predicted molar refractivity (Wildman–Crippen MR) is 115 cm³/mol. The normalized spacial score (nSPS) is 18.8. The Bertz CT molecular complexity index is 777. The summed E-state index contributed by atoms with van der Waals surface area (Å²) in [7, 11) is 1.74. The fraction of sp³-hybridized carbons (Fsp3) is 0.625. The largest absolute Gasteiger partial charge is 0.466 e. The molecule has 0 bridgehead atoms. The number of esters is 1. The molecule has 1 aliphatic heterocycles. The van der Waals surface area contributed by atoms with Crippen molar-refractivity contribution in [2.24, 2.45) is 5.92 Å². The number of carbonyl (C=O) groups is 3.